The molecular formula is C26H26FNO5. The van der Waals surface area contributed by atoms with Gasteiger partial charge >= 0.3 is 0 Å². The summed E-state index contributed by atoms with van der Waals surface area (Å²) in [7, 11) is 3.06. The fourth-order valence-electron chi connectivity index (χ4n) is 3.85. The van der Waals surface area contributed by atoms with Gasteiger partial charge in [-0.2, -0.15) is 0 Å². The Bertz CT molecular complexity index is 1130. The number of hydrogen-bond acceptors (Lipinski definition) is 5. The number of amides is 1. The first kappa shape index (κ1) is 22.6. The first-order valence-corrected chi connectivity index (χ1v) is 10.7. The van der Waals surface area contributed by atoms with Crippen molar-refractivity contribution < 1.29 is 28.1 Å². The van der Waals surface area contributed by atoms with E-state index in [-0.39, 0.29) is 11.7 Å². The lowest BCUT2D eigenvalue weighted by molar-refractivity contribution is 0.0729. The fourth-order valence-corrected chi connectivity index (χ4v) is 3.85. The molecule has 7 heteroatoms. The first-order valence-electron chi connectivity index (χ1n) is 10.7. The lowest BCUT2D eigenvalue weighted by atomic mass is 10.1. The molecule has 3 aromatic rings. The molecule has 6 nitrogen and oxygen atoms in total. The molecule has 1 heterocycles. The highest BCUT2D eigenvalue weighted by atomic mass is 19.1. The van der Waals surface area contributed by atoms with Crippen molar-refractivity contribution >= 4 is 5.91 Å². The quantitative estimate of drug-likeness (QED) is 0.526. The number of rotatable bonds is 7. The molecule has 0 fully saturated rings. The molecule has 0 bridgehead atoms. The van der Waals surface area contributed by atoms with E-state index in [9.17, 15) is 9.18 Å². The minimum absolute atomic E-state index is 0.157. The number of ether oxygens (including phenoxy) is 4. The van der Waals surface area contributed by atoms with Gasteiger partial charge in [-0.15, -0.1) is 0 Å². The maximum atomic E-state index is 13.3. The normalized spacial score (nSPS) is 13.0. The van der Waals surface area contributed by atoms with Gasteiger partial charge in [0.2, 0.25) is 0 Å². The monoisotopic (exact) mass is 451 g/mol. The van der Waals surface area contributed by atoms with Crippen LogP contribution in [0.5, 0.6) is 17.2 Å². The standard InChI is InChI=1S/C26H26FNO5/c1-30-24-8-4-7-22(25(24)31-2)26(29)28-11-12-33-23-10-9-19(13-20(23)15-28)17-32-16-18-5-3-6-21(27)14-18/h3-10,13-14H,11-12,15-17H2,1-2H3. The SMILES string of the molecule is COc1cccc(C(=O)N2CCOc3ccc(COCc4cccc(F)c4)cc3C2)c1OC. The zero-order chi connectivity index (χ0) is 23.2. The predicted molar refractivity (Wildman–Crippen MR) is 121 cm³/mol. The van der Waals surface area contributed by atoms with Crippen molar-refractivity contribution in [1.82, 2.24) is 4.90 Å². The predicted octanol–water partition coefficient (Wildman–Crippen LogP) is 4.59. The molecule has 0 saturated carbocycles. The number of methoxy groups -OCH3 is 2. The van der Waals surface area contributed by atoms with Crippen LogP contribution in [0.25, 0.3) is 0 Å². The molecule has 3 aromatic carbocycles. The number of fused-ring (bicyclic) bond motifs is 1. The Morgan fingerprint density at radius 1 is 1.00 bits per heavy atom. The van der Waals surface area contributed by atoms with Crippen LogP contribution in [0.1, 0.15) is 27.0 Å². The van der Waals surface area contributed by atoms with Gasteiger partial charge in [0.15, 0.2) is 11.5 Å². The maximum absolute atomic E-state index is 13.3. The van der Waals surface area contributed by atoms with Crippen LogP contribution in [-0.4, -0.2) is 38.2 Å². The Morgan fingerprint density at radius 3 is 2.55 bits per heavy atom. The summed E-state index contributed by atoms with van der Waals surface area (Å²) in [5.41, 5.74) is 3.06. The summed E-state index contributed by atoms with van der Waals surface area (Å²) in [6, 6.07) is 17.4. The molecule has 4 rings (SSSR count). The summed E-state index contributed by atoms with van der Waals surface area (Å²) in [6.45, 7) is 1.90. The van der Waals surface area contributed by atoms with E-state index in [2.05, 4.69) is 0 Å². The van der Waals surface area contributed by atoms with Gasteiger partial charge in [0, 0.05) is 12.1 Å². The molecule has 0 saturated heterocycles. The number of para-hydroxylation sites is 1. The van der Waals surface area contributed by atoms with Crippen LogP contribution < -0.4 is 14.2 Å². The minimum atomic E-state index is -0.282. The van der Waals surface area contributed by atoms with Gasteiger partial charge < -0.3 is 23.8 Å². The second-order valence-corrected chi connectivity index (χ2v) is 7.68. The average Bonchev–Trinajstić information content (AvgIpc) is 3.05. The Kier molecular flexibility index (Phi) is 7.10. The third kappa shape index (κ3) is 5.26. The van der Waals surface area contributed by atoms with E-state index >= 15 is 0 Å². The van der Waals surface area contributed by atoms with Gasteiger partial charge in [0.1, 0.15) is 18.2 Å². The molecular weight excluding hydrogens is 425 g/mol. The van der Waals surface area contributed by atoms with Crippen LogP contribution in [0.15, 0.2) is 60.7 Å². The molecule has 0 N–H and O–H groups in total. The fraction of sp³-hybridized carbons (Fsp3) is 0.269. The molecule has 33 heavy (non-hydrogen) atoms. The first-order chi connectivity index (χ1) is 16.1. The highest BCUT2D eigenvalue weighted by Crippen LogP contribution is 2.33. The molecule has 1 amide bonds. The van der Waals surface area contributed by atoms with E-state index in [1.54, 1.807) is 36.3 Å². The number of hydrogen-bond donors (Lipinski definition) is 0. The van der Waals surface area contributed by atoms with Crippen LogP contribution in [0.4, 0.5) is 4.39 Å². The van der Waals surface area contributed by atoms with Crippen molar-refractivity contribution in [2.45, 2.75) is 19.8 Å². The van der Waals surface area contributed by atoms with Gasteiger partial charge in [0.05, 0.1) is 39.5 Å². The summed E-state index contributed by atoms with van der Waals surface area (Å²) in [6.07, 6.45) is 0. The summed E-state index contributed by atoms with van der Waals surface area (Å²) in [5.74, 6) is 1.23. The highest BCUT2D eigenvalue weighted by Gasteiger charge is 2.25. The Morgan fingerprint density at radius 2 is 1.79 bits per heavy atom. The lowest BCUT2D eigenvalue weighted by Crippen LogP contribution is -2.32. The van der Waals surface area contributed by atoms with E-state index in [1.165, 1.54) is 19.2 Å². The lowest BCUT2D eigenvalue weighted by Gasteiger charge is -2.22. The third-order valence-corrected chi connectivity index (χ3v) is 5.45. The zero-order valence-corrected chi connectivity index (χ0v) is 18.7. The average molecular weight is 451 g/mol. The molecule has 1 aliphatic heterocycles. The smallest absolute Gasteiger partial charge is 0.258 e. The van der Waals surface area contributed by atoms with Crippen molar-refractivity contribution in [3.8, 4) is 17.2 Å². The summed E-state index contributed by atoms with van der Waals surface area (Å²) < 4.78 is 35.8. The van der Waals surface area contributed by atoms with Crippen LogP contribution in [-0.2, 0) is 24.5 Å². The number of carbonyl (C=O) groups is 1. The van der Waals surface area contributed by atoms with Gasteiger partial charge in [-0.05, 0) is 47.5 Å². The van der Waals surface area contributed by atoms with E-state index in [4.69, 9.17) is 18.9 Å². The highest BCUT2D eigenvalue weighted by molar-refractivity contribution is 5.97. The number of carbonyl (C=O) groups excluding carboxylic acids is 1. The van der Waals surface area contributed by atoms with Gasteiger partial charge in [0.25, 0.3) is 5.91 Å². The van der Waals surface area contributed by atoms with Crippen molar-refractivity contribution in [2.24, 2.45) is 0 Å². The molecule has 1 aliphatic rings. The molecule has 0 unspecified atom stereocenters. The van der Waals surface area contributed by atoms with Gasteiger partial charge in [-0.25, -0.2) is 4.39 Å². The van der Waals surface area contributed by atoms with Crippen LogP contribution in [0.3, 0.4) is 0 Å². The van der Waals surface area contributed by atoms with Crippen molar-refractivity contribution in [1.29, 1.82) is 0 Å². The summed E-state index contributed by atoms with van der Waals surface area (Å²) in [5, 5.41) is 0. The third-order valence-electron chi connectivity index (χ3n) is 5.45. The number of halogens is 1. The maximum Gasteiger partial charge on any atom is 0.258 e. The van der Waals surface area contributed by atoms with Crippen molar-refractivity contribution in [3.63, 3.8) is 0 Å². The molecule has 0 radical (unpaired) electrons. The van der Waals surface area contributed by atoms with Crippen LogP contribution in [0, 0.1) is 5.82 Å². The zero-order valence-electron chi connectivity index (χ0n) is 18.7. The van der Waals surface area contributed by atoms with Crippen LogP contribution in [0.2, 0.25) is 0 Å². The number of nitrogens with zero attached hydrogens (tertiary/aromatic N) is 1. The number of benzene rings is 3. The van der Waals surface area contributed by atoms with Crippen molar-refractivity contribution in [2.75, 3.05) is 27.4 Å². The Hall–Kier alpha value is -3.58. The largest absolute Gasteiger partial charge is 0.493 e. The molecule has 0 atom stereocenters. The van der Waals surface area contributed by atoms with Gasteiger partial charge in [-0.1, -0.05) is 24.3 Å². The topological polar surface area (TPSA) is 57.2 Å². The molecule has 0 aromatic heterocycles. The van der Waals surface area contributed by atoms with E-state index in [0.29, 0.717) is 50.0 Å². The van der Waals surface area contributed by atoms with Crippen molar-refractivity contribution in [3.05, 3.63) is 88.7 Å². The van der Waals surface area contributed by atoms with E-state index < -0.39 is 0 Å². The summed E-state index contributed by atoms with van der Waals surface area (Å²) in [4.78, 5) is 15.1. The van der Waals surface area contributed by atoms with E-state index in [0.717, 1.165) is 22.4 Å². The molecule has 172 valence electrons. The van der Waals surface area contributed by atoms with E-state index in [1.807, 2.05) is 24.3 Å². The van der Waals surface area contributed by atoms with Gasteiger partial charge in [-0.3, -0.25) is 4.79 Å². The molecule has 0 aliphatic carbocycles. The van der Waals surface area contributed by atoms with Crippen LogP contribution >= 0.6 is 0 Å². The molecule has 0 spiro atoms. The minimum Gasteiger partial charge on any atom is -0.493 e. The Labute approximate surface area is 192 Å². The summed E-state index contributed by atoms with van der Waals surface area (Å²) >= 11 is 0. The second kappa shape index (κ2) is 10.4. The second-order valence-electron chi connectivity index (χ2n) is 7.68. The Balaban J connectivity index is 1.48.